The number of hydrazone groups is 1. The molecule has 1 aliphatic heterocycles. The summed E-state index contributed by atoms with van der Waals surface area (Å²) in [5.41, 5.74) is 3.18. The first-order valence-corrected chi connectivity index (χ1v) is 11.2. The minimum Gasteiger partial charge on any atom is -0.488 e. The van der Waals surface area contributed by atoms with Crippen LogP contribution in [0.15, 0.2) is 87.9 Å². The van der Waals surface area contributed by atoms with Crippen molar-refractivity contribution in [3.05, 3.63) is 99.8 Å². The maximum Gasteiger partial charge on any atom is 0.280 e. The molecule has 4 rings (SSSR count). The highest BCUT2D eigenvalue weighted by atomic mass is 79.9. The number of amides is 1. The first-order chi connectivity index (χ1) is 15.6. The van der Waals surface area contributed by atoms with Gasteiger partial charge in [-0.2, -0.15) is 10.1 Å². The lowest BCUT2D eigenvalue weighted by Gasteiger charge is -2.12. The van der Waals surface area contributed by atoms with Gasteiger partial charge in [0.05, 0.1) is 17.0 Å². The van der Waals surface area contributed by atoms with Gasteiger partial charge < -0.3 is 4.74 Å². The molecule has 1 aliphatic rings. The van der Waals surface area contributed by atoms with E-state index < -0.39 is 0 Å². The number of benzene rings is 3. The first-order valence-electron chi connectivity index (χ1n) is 10.4. The van der Waals surface area contributed by atoms with Crippen molar-refractivity contribution in [3.8, 4) is 5.75 Å². The highest BCUT2D eigenvalue weighted by molar-refractivity contribution is 9.10. The third kappa shape index (κ3) is 4.81. The Bertz CT molecular complexity index is 1190. The van der Waals surface area contributed by atoms with Gasteiger partial charge in [-0.3, -0.25) is 4.79 Å². The summed E-state index contributed by atoms with van der Waals surface area (Å²) in [7, 11) is 0. The standard InChI is InChI=1S/C26H22BrFN2O2/c1-2-8-24-22(26(31)30(29-24)21-10-4-3-5-11-21)16-19-15-20(27)13-14-25(19)32-17-18-9-6-7-12-23(18)28/h3-7,9-16H,2,8,17H2,1H3/b22-16+. The van der Waals surface area contributed by atoms with Gasteiger partial charge in [0.25, 0.3) is 5.91 Å². The van der Waals surface area contributed by atoms with Crippen LogP contribution in [-0.4, -0.2) is 11.6 Å². The third-order valence-electron chi connectivity index (χ3n) is 5.05. The predicted molar refractivity (Wildman–Crippen MR) is 129 cm³/mol. The van der Waals surface area contributed by atoms with E-state index in [-0.39, 0.29) is 18.3 Å². The number of hydrogen-bond acceptors (Lipinski definition) is 3. The van der Waals surface area contributed by atoms with Crippen LogP contribution in [0.3, 0.4) is 0 Å². The molecule has 0 aromatic heterocycles. The SMILES string of the molecule is CCCC1=NN(c2ccccc2)C(=O)/C1=C/c1cc(Br)ccc1OCc1ccccc1F. The lowest BCUT2D eigenvalue weighted by atomic mass is 10.0. The molecule has 32 heavy (non-hydrogen) atoms. The average molecular weight is 493 g/mol. The van der Waals surface area contributed by atoms with Crippen LogP contribution in [0, 0.1) is 5.82 Å². The fourth-order valence-electron chi connectivity index (χ4n) is 3.46. The van der Waals surface area contributed by atoms with Crippen LogP contribution in [0.2, 0.25) is 0 Å². The number of carbonyl (C=O) groups excluding carboxylic acids is 1. The Labute approximate surface area is 195 Å². The second-order valence-electron chi connectivity index (χ2n) is 7.37. The topological polar surface area (TPSA) is 41.9 Å². The fraction of sp³-hybridized carbons (Fsp3) is 0.154. The van der Waals surface area contributed by atoms with E-state index >= 15 is 0 Å². The van der Waals surface area contributed by atoms with Gasteiger partial charge in [-0.05, 0) is 48.9 Å². The van der Waals surface area contributed by atoms with E-state index in [9.17, 15) is 9.18 Å². The van der Waals surface area contributed by atoms with Gasteiger partial charge in [-0.1, -0.05) is 65.7 Å². The highest BCUT2D eigenvalue weighted by Gasteiger charge is 2.30. The molecule has 4 nitrogen and oxygen atoms in total. The Kier molecular flexibility index (Phi) is 6.81. The van der Waals surface area contributed by atoms with E-state index in [2.05, 4.69) is 28.0 Å². The smallest absolute Gasteiger partial charge is 0.280 e. The second kappa shape index (κ2) is 9.92. The normalized spacial score (nSPS) is 14.7. The molecule has 1 heterocycles. The number of carbonyl (C=O) groups is 1. The van der Waals surface area contributed by atoms with E-state index in [1.54, 1.807) is 24.3 Å². The molecule has 1 amide bonds. The van der Waals surface area contributed by atoms with Crippen molar-refractivity contribution in [1.82, 2.24) is 0 Å². The Balaban J connectivity index is 1.67. The summed E-state index contributed by atoms with van der Waals surface area (Å²) in [4.78, 5) is 13.3. The molecule has 0 radical (unpaired) electrons. The number of ether oxygens (including phenoxy) is 1. The highest BCUT2D eigenvalue weighted by Crippen LogP contribution is 2.31. The molecule has 0 spiro atoms. The van der Waals surface area contributed by atoms with Gasteiger partial charge in [-0.25, -0.2) is 4.39 Å². The number of rotatable bonds is 7. The van der Waals surface area contributed by atoms with Crippen LogP contribution in [0.5, 0.6) is 5.75 Å². The van der Waals surface area contributed by atoms with E-state index in [0.29, 0.717) is 23.3 Å². The minimum absolute atomic E-state index is 0.0878. The molecular weight excluding hydrogens is 471 g/mol. The second-order valence-corrected chi connectivity index (χ2v) is 8.29. The van der Waals surface area contributed by atoms with Gasteiger partial charge in [0.15, 0.2) is 0 Å². The number of hydrogen-bond donors (Lipinski definition) is 0. The van der Waals surface area contributed by atoms with Gasteiger partial charge >= 0.3 is 0 Å². The van der Waals surface area contributed by atoms with Gasteiger partial charge in [0, 0.05) is 15.6 Å². The molecule has 0 saturated carbocycles. The largest absolute Gasteiger partial charge is 0.488 e. The maximum atomic E-state index is 14.0. The third-order valence-corrected chi connectivity index (χ3v) is 5.55. The van der Waals surface area contributed by atoms with Crippen molar-refractivity contribution in [2.24, 2.45) is 5.10 Å². The Hall–Kier alpha value is -3.25. The summed E-state index contributed by atoms with van der Waals surface area (Å²) < 4.78 is 20.8. The first kappa shape index (κ1) is 22.0. The van der Waals surface area contributed by atoms with Crippen molar-refractivity contribution in [3.63, 3.8) is 0 Å². The molecule has 0 saturated heterocycles. The number of halogens is 2. The van der Waals surface area contributed by atoms with E-state index in [0.717, 1.165) is 27.9 Å². The van der Waals surface area contributed by atoms with E-state index in [4.69, 9.17) is 4.74 Å². The van der Waals surface area contributed by atoms with Crippen molar-refractivity contribution in [2.75, 3.05) is 5.01 Å². The Morgan fingerprint density at radius 3 is 2.56 bits per heavy atom. The van der Waals surface area contributed by atoms with Crippen LogP contribution >= 0.6 is 15.9 Å². The lowest BCUT2D eigenvalue weighted by Crippen LogP contribution is -2.21. The number of para-hydroxylation sites is 1. The van der Waals surface area contributed by atoms with Crippen LogP contribution < -0.4 is 9.75 Å². The molecule has 0 fully saturated rings. The van der Waals surface area contributed by atoms with Crippen LogP contribution in [-0.2, 0) is 11.4 Å². The predicted octanol–water partition coefficient (Wildman–Crippen LogP) is 6.75. The van der Waals surface area contributed by atoms with Crippen LogP contribution in [0.4, 0.5) is 10.1 Å². The van der Waals surface area contributed by atoms with Crippen molar-refractivity contribution in [2.45, 2.75) is 26.4 Å². The van der Waals surface area contributed by atoms with Gasteiger partial charge in [0.1, 0.15) is 18.2 Å². The Morgan fingerprint density at radius 1 is 1.06 bits per heavy atom. The van der Waals surface area contributed by atoms with Gasteiger partial charge in [0.2, 0.25) is 0 Å². The number of nitrogens with zero attached hydrogens (tertiary/aromatic N) is 2. The summed E-state index contributed by atoms with van der Waals surface area (Å²) in [5.74, 6) is 0.0665. The molecule has 0 bridgehead atoms. The quantitative estimate of drug-likeness (QED) is 0.342. The zero-order valence-corrected chi connectivity index (χ0v) is 19.2. The molecule has 0 unspecified atom stereocenters. The molecule has 6 heteroatoms. The lowest BCUT2D eigenvalue weighted by molar-refractivity contribution is -0.114. The zero-order valence-electron chi connectivity index (χ0n) is 17.6. The summed E-state index contributed by atoms with van der Waals surface area (Å²) in [6.07, 6.45) is 3.35. The molecule has 0 aliphatic carbocycles. The van der Waals surface area contributed by atoms with Crippen LogP contribution in [0.25, 0.3) is 6.08 Å². The summed E-state index contributed by atoms with van der Waals surface area (Å²) in [6.45, 7) is 2.14. The molecule has 0 atom stereocenters. The van der Waals surface area contributed by atoms with Crippen molar-refractivity contribution >= 4 is 39.3 Å². The molecule has 0 N–H and O–H groups in total. The zero-order chi connectivity index (χ0) is 22.5. The van der Waals surface area contributed by atoms with Crippen LogP contribution in [0.1, 0.15) is 30.9 Å². The van der Waals surface area contributed by atoms with Crippen molar-refractivity contribution in [1.29, 1.82) is 0 Å². The minimum atomic E-state index is -0.314. The number of anilines is 1. The maximum absolute atomic E-state index is 14.0. The van der Waals surface area contributed by atoms with Crippen molar-refractivity contribution < 1.29 is 13.9 Å². The molecule has 3 aromatic rings. The summed E-state index contributed by atoms with van der Waals surface area (Å²) in [5, 5.41) is 6.03. The monoisotopic (exact) mass is 492 g/mol. The average Bonchev–Trinajstić information content (AvgIpc) is 3.10. The van der Waals surface area contributed by atoms with E-state index in [1.807, 2.05) is 48.5 Å². The van der Waals surface area contributed by atoms with E-state index in [1.165, 1.54) is 11.1 Å². The molecular formula is C26H22BrFN2O2. The Morgan fingerprint density at radius 2 is 1.81 bits per heavy atom. The molecule has 162 valence electrons. The van der Waals surface area contributed by atoms with Gasteiger partial charge in [-0.15, -0.1) is 0 Å². The fourth-order valence-corrected chi connectivity index (χ4v) is 3.84. The molecule has 3 aromatic carbocycles. The summed E-state index contributed by atoms with van der Waals surface area (Å²) >= 11 is 3.49. The summed E-state index contributed by atoms with van der Waals surface area (Å²) in [6, 6.07) is 21.4.